The molecule has 0 bridgehead atoms. The van der Waals surface area contributed by atoms with Crippen LogP contribution in [0.25, 0.3) is 6.08 Å². The van der Waals surface area contributed by atoms with Crippen LogP contribution in [0.1, 0.15) is 20.8 Å². The molecule has 31 heavy (non-hydrogen) atoms. The van der Waals surface area contributed by atoms with E-state index in [-0.39, 0.29) is 11.6 Å². The molecule has 2 N–H and O–H groups in total. The summed E-state index contributed by atoms with van der Waals surface area (Å²) in [5.41, 5.74) is 3.68. The molecule has 0 aliphatic heterocycles. The minimum Gasteiger partial charge on any atom is -0.493 e. The van der Waals surface area contributed by atoms with E-state index in [1.807, 2.05) is 23.6 Å². The standard InChI is InChI=1S/C23H21N3O4S/c1-29-20-11-10-16(13-21(20)30-2)15-24-26-23(28)19(14-18-9-6-12-31-18)25-22(27)17-7-4-3-5-8-17/h3-15H,1-2H3,(H,25,27)(H,26,28). The third-order valence-corrected chi connectivity index (χ3v) is 4.97. The van der Waals surface area contributed by atoms with E-state index in [1.165, 1.54) is 24.7 Å². The molecule has 0 aliphatic carbocycles. The smallest absolute Gasteiger partial charge is 0.287 e. The van der Waals surface area contributed by atoms with Gasteiger partial charge in [-0.15, -0.1) is 11.3 Å². The van der Waals surface area contributed by atoms with Gasteiger partial charge in [0, 0.05) is 10.4 Å². The highest BCUT2D eigenvalue weighted by molar-refractivity contribution is 7.10. The van der Waals surface area contributed by atoms with Crippen LogP contribution in [-0.4, -0.2) is 32.2 Å². The zero-order valence-electron chi connectivity index (χ0n) is 17.0. The highest BCUT2D eigenvalue weighted by atomic mass is 32.1. The molecule has 0 fully saturated rings. The van der Waals surface area contributed by atoms with Gasteiger partial charge in [0.25, 0.3) is 11.8 Å². The van der Waals surface area contributed by atoms with Crippen LogP contribution in [0.4, 0.5) is 0 Å². The van der Waals surface area contributed by atoms with E-state index in [9.17, 15) is 9.59 Å². The van der Waals surface area contributed by atoms with E-state index in [4.69, 9.17) is 9.47 Å². The van der Waals surface area contributed by atoms with Crippen LogP contribution in [0, 0.1) is 0 Å². The van der Waals surface area contributed by atoms with Crippen molar-refractivity contribution in [2.45, 2.75) is 0 Å². The van der Waals surface area contributed by atoms with E-state index in [0.29, 0.717) is 22.6 Å². The Hall–Kier alpha value is -3.91. The molecule has 7 nitrogen and oxygen atoms in total. The zero-order chi connectivity index (χ0) is 22.1. The second kappa shape index (κ2) is 10.7. The van der Waals surface area contributed by atoms with Crippen molar-refractivity contribution < 1.29 is 19.1 Å². The molecule has 8 heteroatoms. The number of carbonyl (C=O) groups excluding carboxylic acids is 2. The van der Waals surface area contributed by atoms with E-state index < -0.39 is 5.91 Å². The average molecular weight is 436 g/mol. The quantitative estimate of drug-likeness (QED) is 0.321. The number of amides is 2. The third kappa shape index (κ3) is 6.03. The first-order chi connectivity index (χ1) is 15.1. The molecule has 0 saturated carbocycles. The van der Waals surface area contributed by atoms with Crippen molar-refractivity contribution in [3.05, 3.63) is 87.7 Å². The van der Waals surface area contributed by atoms with Crippen LogP contribution in [0.3, 0.4) is 0 Å². The number of methoxy groups -OCH3 is 2. The minimum atomic E-state index is -0.547. The molecule has 0 unspecified atom stereocenters. The lowest BCUT2D eigenvalue weighted by Gasteiger charge is -2.09. The molecule has 3 aromatic rings. The Kier molecular flexibility index (Phi) is 7.56. The predicted octanol–water partition coefficient (Wildman–Crippen LogP) is 3.69. The van der Waals surface area contributed by atoms with Gasteiger partial charge in [0.15, 0.2) is 11.5 Å². The predicted molar refractivity (Wildman–Crippen MR) is 121 cm³/mol. The molecular weight excluding hydrogens is 414 g/mol. The molecule has 0 saturated heterocycles. The Morgan fingerprint density at radius 1 is 0.968 bits per heavy atom. The molecule has 0 spiro atoms. The zero-order valence-corrected chi connectivity index (χ0v) is 17.8. The Labute approximate surface area is 184 Å². The molecule has 0 atom stereocenters. The Bertz CT molecular complexity index is 1090. The Morgan fingerprint density at radius 3 is 2.42 bits per heavy atom. The first kappa shape index (κ1) is 21.8. The molecule has 1 aromatic heterocycles. The first-order valence-electron chi connectivity index (χ1n) is 9.27. The molecule has 0 aliphatic rings. The lowest BCUT2D eigenvalue weighted by Crippen LogP contribution is -2.32. The fraction of sp³-hybridized carbons (Fsp3) is 0.0870. The highest BCUT2D eigenvalue weighted by Gasteiger charge is 2.14. The van der Waals surface area contributed by atoms with Gasteiger partial charge in [-0.05, 0) is 53.4 Å². The van der Waals surface area contributed by atoms with Gasteiger partial charge in [-0.2, -0.15) is 5.10 Å². The summed E-state index contributed by atoms with van der Waals surface area (Å²) in [6, 6.07) is 17.6. The van der Waals surface area contributed by atoms with Crippen LogP contribution < -0.4 is 20.2 Å². The van der Waals surface area contributed by atoms with Gasteiger partial charge in [-0.25, -0.2) is 5.43 Å². The SMILES string of the molecule is COc1ccc(C=NNC(=O)C(=Cc2cccs2)NC(=O)c2ccccc2)cc1OC. The second-order valence-corrected chi connectivity index (χ2v) is 7.19. The van der Waals surface area contributed by atoms with E-state index in [0.717, 1.165) is 4.88 Å². The topological polar surface area (TPSA) is 89.0 Å². The summed E-state index contributed by atoms with van der Waals surface area (Å²) in [5, 5.41) is 8.54. The number of nitrogens with one attached hydrogen (secondary N) is 2. The number of carbonyl (C=O) groups is 2. The van der Waals surface area contributed by atoms with Crippen LogP contribution in [0.5, 0.6) is 11.5 Å². The third-order valence-electron chi connectivity index (χ3n) is 4.15. The number of nitrogens with zero attached hydrogens (tertiary/aromatic N) is 1. The highest BCUT2D eigenvalue weighted by Crippen LogP contribution is 2.26. The number of hydrogen-bond acceptors (Lipinski definition) is 6. The maximum absolute atomic E-state index is 12.7. The van der Waals surface area contributed by atoms with Crippen LogP contribution in [0.2, 0.25) is 0 Å². The van der Waals surface area contributed by atoms with Crippen molar-refractivity contribution in [2.75, 3.05) is 14.2 Å². The van der Waals surface area contributed by atoms with E-state index >= 15 is 0 Å². The summed E-state index contributed by atoms with van der Waals surface area (Å²) >= 11 is 1.45. The van der Waals surface area contributed by atoms with Crippen molar-refractivity contribution in [1.82, 2.24) is 10.7 Å². The molecule has 2 amide bonds. The number of thiophene rings is 1. The lowest BCUT2D eigenvalue weighted by atomic mass is 10.2. The normalized spacial score (nSPS) is 11.2. The maximum Gasteiger partial charge on any atom is 0.287 e. The van der Waals surface area contributed by atoms with E-state index in [1.54, 1.807) is 55.7 Å². The van der Waals surface area contributed by atoms with Crippen molar-refractivity contribution in [3.8, 4) is 11.5 Å². The summed E-state index contributed by atoms with van der Waals surface area (Å²) in [7, 11) is 3.09. The second-order valence-electron chi connectivity index (χ2n) is 6.21. The van der Waals surface area contributed by atoms with E-state index in [2.05, 4.69) is 15.8 Å². The van der Waals surface area contributed by atoms with Crippen LogP contribution in [0.15, 0.2) is 76.8 Å². The summed E-state index contributed by atoms with van der Waals surface area (Å²) in [6.45, 7) is 0. The van der Waals surface area contributed by atoms with Gasteiger partial charge in [0.2, 0.25) is 0 Å². The monoisotopic (exact) mass is 435 g/mol. The molecule has 3 rings (SSSR count). The number of benzene rings is 2. The fourth-order valence-corrected chi connectivity index (χ4v) is 3.27. The number of ether oxygens (including phenoxy) is 2. The summed E-state index contributed by atoms with van der Waals surface area (Å²) in [5.74, 6) is 0.205. The molecule has 2 aromatic carbocycles. The number of hydrazone groups is 1. The Morgan fingerprint density at radius 2 is 1.74 bits per heavy atom. The van der Waals surface area contributed by atoms with Crippen molar-refractivity contribution >= 4 is 35.4 Å². The lowest BCUT2D eigenvalue weighted by molar-refractivity contribution is -0.117. The Balaban J connectivity index is 1.74. The van der Waals surface area contributed by atoms with Gasteiger partial charge in [-0.3, -0.25) is 9.59 Å². The van der Waals surface area contributed by atoms with Gasteiger partial charge < -0.3 is 14.8 Å². The number of rotatable bonds is 8. The van der Waals surface area contributed by atoms with Crippen molar-refractivity contribution in [3.63, 3.8) is 0 Å². The van der Waals surface area contributed by atoms with Crippen molar-refractivity contribution in [1.29, 1.82) is 0 Å². The summed E-state index contributed by atoms with van der Waals surface area (Å²) in [6.07, 6.45) is 3.08. The van der Waals surface area contributed by atoms with Crippen LogP contribution >= 0.6 is 11.3 Å². The molecule has 0 radical (unpaired) electrons. The fourth-order valence-electron chi connectivity index (χ4n) is 2.62. The summed E-state index contributed by atoms with van der Waals surface area (Å²) in [4.78, 5) is 26.0. The molecule has 1 heterocycles. The minimum absolute atomic E-state index is 0.0840. The van der Waals surface area contributed by atoms with Gasteiger partial charge >= 0.3 is 0 Å². The molecular formula is C23H21N3O4S. The van der Waals surface area contributed by atoms with Crippen LogP contribution in [-0.2, 0) is 4.79 Å². The number of hydrogen-bond donors (Lipinski definition) is 2. The maximum atomic E-state index is 12.7. The molecule has 158 valence electrons. The van der Waals surface area contributed by atoms with Gasteiger partial charge in [0.1, 0.15) is 5.70 Å². The van der Waals surface area contributed by atoms with Crippen molar-refractivity contribution in [2.24, 2.45) is 5.10 Å². The average Bonchev–Trinajstić information content (AvgIpc) is 3.32. The largest absolute Gasteiger partial charge is 0.493 e. The van der Waals surface area contributed by atoms with Gasteiger partial charge in [-0.1, -0.05) is 24.3 Å². The first-order valence-corrected chi connectivity index (χ1v) is 10.2. The van der Waals surface area contributed by atoms with Gasteiger partial charge in [0.05, 0.1) is 20.4 Å². The summed E-state index contributed by atoms with van der Waals surface area (Å²) < 4.78 is 10.5.